The fourth-order valence-electron chi connectivity index (χ4n) is 2.99. The number of hydrogen-bond acceptors (Lipinski definition) is 3. The SMILES string of the molecule is Cc1cc(C)c(C(=O)O)c(NCC2CCCC2C)n1. The molecule has 1 aromatic rings. The van der Waals surface area contributed by atoms with E-state index < -0.39 is 5.97 Å². The van der Waals surface area contributed by atoms with Crippen molar-refractivity contribution in [2.75, 3.05) is 11.9 Å². The summed E-state index contributed by atoms with van der Waals surface area (Å²) in [6.07, 6.45) is 3.78. The van der Waals surface area contributed by atoms with Crippen molar-refractivity contribution in [2.24, 2.45) is 11.8 Å². The summed E-state index contributed by atoms with van der Waals surface area (Å²) in [7, 11) is 0. The molecule has 1 heterocycles. The lowest BCUT2D eigenvalue weighted by molar-refractivity contribution is 0.0697. The third kappa shape index (κ3) is 3.06. The Morgan fingerprint density at radius 2 is 2.21 bits per heavy atom. The molecule has 0 amide bonds. The van der Waals surface area contributed by atoms with Crippen LogP contribution >= 0.6 is 0 Å². The number of nitrogens with zero attached hydrogens (tertiary/aromatic N) is 1. The summed E-state index contributed by atoms with van der Waals surface area (Å²) in [5.41, 5.74) is 1.92. The molecule has 1 fully saturated rings. The number of rotatable bonds is 4. The van der Waals surface area contributed by atoms with Gasteiger partial charge in [-0.25, -0.2) is 9.78 Å². The number of hydrogen-bond donors (Lipinski definition) is 2. The second-order valence-corrected chi connectivity index (χ2v) is 5.66. The Balaban J connectivity index is 2.17. The standard InChI is InChI=1S/C15H22N2O2/c1-9-5-4-6-12(9)8-16-14-13(15(18)19)10(2)7-11(3)17-14/h7,9,12H,4-6,8H2,1-3H3,(H,16,17)(H,18,19). The molecule has 4 nitrogen and oxygen atoms in total. The van der Waals surface area contributed by atoms with Gasteiger partial charge < -0.3 is 10.4 Å². The highest BCUT2D eigenvalue weighted by Gasteiger charge is 2.24. The third-order valence-electron chi connectivity index (χ3n) is 4.13. The fraction of sp³-hybridized carbons (Fsp3) is 0.600. The smallest absolute Gasteiger partial charge is 0.339 e. The Hall–Kier alpha value is -1.58. The molecule has 4 heteroatoms. The van der Waals surface area contributed by atoms with E-state index in [0.717, 1.165) is 17.8 Å². The zero-order chi connectivity index (χ0) is 14.0. The van der Waals surface area contributed by atoms with E-state index in [-0.39, 0.29) is 0 Å². The Labute approximate surface area is 114 Å². The average molecular weight is 262 g/mol. The van der Waals surface area contributed by atoms with Gasteiger partial charge in [-0.2, -0.15) is 0 Å². The maximum Gasteiger partial charge on any atom is 0.339 e. The normalized spacial score (nSPS) is 22.5. The number of carboxylic acid groups (broad SMARTS) is 1. The van der Waals surface area contributed by atoms with Crippen molar-refractivity contribution in [3.05, 3.63) is 22.9 Å². The fourth-order valence-corrected chi connectivity index (χ4v) is 2.99. The lowest BCUT2D eigenvalue weighted by atomic mass is 9.98. The number of aromatic carboxylic acids is 1. The maximum absolute atomic E-state index is 11.3. The van der Waals surface area contributed by atoms with Gasteiger partial charge in [-0.15, -0.1) is 0 Å². The van der Waals surface area contributed by atoms with E-state index in [1.807, 2.05) is 19.9 Å². The van der Waals surface area contributed by atoms with E-state index >= 15 is 0 Å². The minimum atomic E-state index is -0.910. The molecule has 2 atom stereocenters. The molecule has 0 spiro atoms. The molecule has 2 rings (SSSR count). The highest BCUT2D eigenvalue weighted by Crippen LogP contribution is 2.31. The summed E-state index contributed by atoms with van der Waals surface area (Å²) in [4.78, 5) is 15.7. The van der Waals surface area contributed by atoms with Crippen LogP contribution in [0, 0.1) is 25.7 Å². The molecule has 1 aliphatic carbocycles. The third-order valence-corrected chi connectivity index (χ3v) is 4.13. The van der Waals surface area contributed by atoms with Crippen LogP contribution in [-0.2, 0) is 0 Å². The first-order chi connectivity index (χ1) is 8.99. The highest BCUT2D eigenvalue weighted by molar-refractivity contribution is 5.94. The first-order valence-corrected chi connectivity index (χ1v) is 6.94. The van der Waals surface area contributed by atoms with E-state index in [2.05, 4.69) is 17.2 Å². The van der Waals surface area contributed by atoms with Crippen LogP contribution in [0.4, 0.5) is 5.82 Å². The van der Waals surface area contributed by atoms with Crippen molar-refractivity contribution >= 4 is 11.8 Å². The first-order valence-electron chi connectivity index (χ1n) is 6.94. The molecule has 2 N–H and O–H groups in total. The quantitative estimate of drug-likeness (QED) is 0.874. The monoisotopic (exact) mass is 262 g/mol. The lowest BCUT2D eigenvalue weighted by Crippen LogP contribution is -2.19. The molecule has 0 aromatic carbocycles. The zero-order valence-corrected chi connectivity index (χ0v) is 11.9. The summed E-state index contributed by atoms with van der Waals surface area (Å²) in [6.45, 7) is 6.80. The predicted molar refractivity (Wildman–Crippen MR) is 75.7 cm³/mol. The summed E-state index contributed by atoms with van der Waals surface area (Å²) >= 11 is 0. The van der Waals surface area contributed by atoms with E-state index in [9.17, 15) is 9.90 Å². The lowest BCUT2D eigenvalue weighted by Gasteiger charge is -2.18. The molecule has 2 unspecified atom stereocenters. The van der Waals surface area contributed by atoms with Gasteiger partial charge in [0, 0.05) is 12.2 Å². The van der Waals surface area contributed by atoms with Crippen molar-refractivity contribution in [3.63, 3.8) is 0 Å². The van der Waals surface area contributed by atoms with Gasteiger partial charge in [0.1, 0.15) is 11.4 Å². The summed E-state index contributed by atoms with van der Waals surface area (Å²) in [5.74, 6) is 0.951. The van der Waals surface area contributed by atoms with Crippen molar-refractivity contribution in [2.45, 2.75) is 40.0 Å². The summed E-state index contributed by atoms with van der Waals surface area (Å²) in [6, 6.07) is 1.81. The first kappa shape index (κ1) is 13.8. The van der Waals surface area contributed by atoms with Crippen LogP contribution in [0.15, 0.2) is 6.07 Å². The van der Waals surface area contributed by atoms with Crippen molar-refractivity contribution in [1.82, 2.24) is 4.98 Å². The molecule has 0 radical (unpaired) electrons. The molecule has 1 aliphatic rings. The molecular formula is C15H22N2O2. The van der Waals surface area contributed by atoms with E-state index in [0.29, 0.717) is 23.2 Å². The zero-order valence-electron chi connectivity index (χ0n) is 11.9. The Bertz CT molecular complexity index is 485. The van der Waals surface area contributed by atoms with E-state index in [4.69, 9.17) is 0 Å². The van der Waals surface area contributed by atoms with Crippen LogP contribution in [0.3, 0.4) is 0 Å². The van der Waals surface area contributed by atoms with Crippen molar-refractivity contribution in [3.8, 4) is 0 Å². The Kier molecular flexibility index (Phi) is 4.08. The van der Waals surface area contributed by atoms with E-state index in [1.54, 1.807) is 0 Å². The topological polar surface area (TPSA) is 62.2 Å². The number of anilines is 1. The van der Waals surface area contributed by atoms with Gasteiger partial charge >= 0.3 is 5.97 Å². The second kappa shape index (κ2) is 5.59. The average Bonchev–Trinajstić information content (AvgIpc) is 2.70. The highest BCUT2D eigenvalue weighted by atomic mass is 16.4. The van der Waals surface area contributed by atoms with Crippen LogP contribution in [0.5, 0.6) is 0 Å². The second-order valence-electron chi connectivity index (χ2n) is 5.66. The molecule has 0 aliphatic heterocycles. The van der Waals surface area contributed by atoms with E-state index in [1.165, 1.54) is 19.3 Å². The predicted octanol–water partition coefficient (Wildman–Crippen LogP) is 3.24. The van der Waals surface area contributed by atoms with Gasteiger partial charge in [0.05, 0.1) is 0 Å². The number of aromatic nitrogens is 1. The Morgan fingerprint density at radius 3 is 2.79 bits per heavy atom. The minimum Gasteiger partial charge on any atom is -0.478 e. The van der Waals surface area contributed by atoms with Gasteiger partial charge in [-0.1, -0.05) is 19.8 Å². The molecule has 19 heavy (non-hydrogen) atoms. The summed E-state index contributed by atoms with van der Waals surface area (Å²) in [5, 5.41) is 12.6. The number of aryl methyl sites for hydroxylation is 2. The van der Waals surface area contributed by atoms with Crippen LogP contribution < -0.4 is 5.32 Å². The number of carbonyl (C=O) groups is 1. The Morgan fingerprint density at radius 1 is 1.47 bits per heavy atom. The molecule has 104 valence electrons. The summed E-state index contributed by atoms with van der Waals surface area (Å²) < 4.78 is 0. The van der Waals surface area contributed by atoms with Crippen LogP contribution in [0.2, 0.25) is 0 Å². The molecule has 1 aromatic heterocycles. The van der Waals surface area contributed by atoms with Crippen LogP contribution in [-0.4, -0.2) is 22.6 Å². The number of nitrogens with one attached hydrogen (secondary N) is 1. The van der Waals surface area contributed by atoms with Crippen LogP contribution in [0.25, 0.3) is 0 Å². The van der Waals surface area contributed by atoms with Gasteiger partial charge in [0.15, 0.2) is 0 Å². The number of pyridine rings is 1. The van der Waals surface area contributed by atoms with Gasteiger partial charge in [-0.3, -0.25) is 0 Å². The molecule has 0 saturated heterocycles. The molecule has 0 bridgehead atoms. The van der Waals surface area contributed by atoms with Gasteiger partial charge in [0.2, 0.25) is 0 Å². The van der Waals surface area contributed by atoms with Crippen LogP contribution in [0.1, 0.15) is 47.8 Å². The van der Waals surface area contributed by atoms with Gasteiger partial charge in [0.25, 0.3) is 0 Å². The minimum absolute atomic E-state index is 0.302. The van der Waals surface area contributed by atoms with Gasteiger partial charge in [-0.05, 0) is 43.7 Å². The largest absolute Gasteiger partial charge is 0.478 e. The van der Waals surface area contributed by atoms with Crippen molar-refractivity contribution < 1.29 is 9.90 Å². The molecule has 1 saturated carbocycles. The molecular weight excluding hydrogens is 240 g/mol. The maximum atomic E-state index is 11.3. The number of carboxylic acids is 1. The van der Waals surface area contributed by atoms with Crippen molar-refractivity contribution in [1.29, 1.82) is 0 Å².